The molecular formula is C19H21N3O2. The molecule has 0 radical (unpaired) electrons. The number of aliphatic hydroxyl groups excluding tert-OH is 1. The van der Waals surface area contributed by atoms with Gasteiger partial charge < -0.3 is 10.1 Å². The molecule has 2 N–H and O–H groups in total. The van der Waals surface area contributed by atoms with Crippen molar-refractivity contribution in [3.8, 4) is 0 Å². The van der Waals surface area contributed by atoms with Gasteiger partial charge in [0.15, 0.2) is 0 Å². The third kappa shape index (κ3) is 1.97. The summed E-state index contributed by atoms with van der Waals surface area (Å²) < 4.78 is 1.83. The summed E-state index contributed by atoms with van der Waals surface area (Å²) in [5.74, 6) is -0.0158. The average molecular weight is 323 g/mol. The van der Waals surface area contributed by atoms with Gasteiger partial charge in [-0.25, -0.2) is 4.98 Å². The second-order valence-electron chi connectivity index (χ2n) is 6.82. The number of rotatable bonds is 3. The molecule has 5 nitrogen and oxygen atoms in total. The van der Waals surface area contributed by atoms with Gasteiger partial charge in [0.25, 0.3) is 0 Å². The predicted molar refractivity (Wildman–Crippen MR) is 92.2 cm³/mol. The molecule has 1 aromatic carbocycles. The van der Waals surface area contributed by atoms with E-state index in [0.29, 0.717) is 12.8 Å². The van der Waals surface area contributed by atoms with Crippen LogP contribution in [0.3, 0.4) is 0 Å². The molecule has 0 aliphatic carbocycles. The molecule has 1 aliphatic rings. The molecule has 1 aliphatic heterocycles. The van der Waals surface area contributed by atoms with Crippen LogP contribution < -0.4 is 0 Å². The second-order valence-corrected chi connectivity index (χ2v) is 6.82. The topological polar surface area (TPSA) is 70.9 Å². The van der Waals surface area contributed by atoms with Gasteiger partial charge >= 0.3 is 0 Å². The number of H-pyrrole nitrogens is 1. The van der Waals surface area contributed by atoms with Crippen molar-refractivity contribution in [3.63, 3.8) is 0 Å². The molecule has 24 heavy (non-hydrogen) atoms. The number of para-hydroxylation sites is 1. The maximum absolute atomic E-state index is 13.4. The Balaban J connectivity index is 1.86. The number of carbonyl (C=O) groups excluding carboxylic acids is 1. The molecule has 124 valence electrons. The Morgan fingerprint density at radius 3 is 2.83 bits per heavy atom. The normalized spacial score (nSPS) is 20.5. The van der Waals surface area contributed by atoms with Gasteiger partial charge in [-0.15, -0.1) is 0 Å². The number of benzene rings is 1. The molecule has 0 saturated carbocycles. The van der Waals surface area contributed by atoms with Crippen LogP contribution in [0.2, 0.25) is 0 Å². The van der Waals surface area contributed by atoms with Crippen molar-refractivity contribution < 1.29 is 9.90 Å². The zero-order valence-corrected chi connectivity index (χ0v) is 14.0. The van der Waals surface area contributed by atoms with E-state index in [2.05, 4.69) is 23.0 Å². The molecule has 1 unspecified atom stereocenters. The summed E-state index contributed by atoms with van der Waals surface area (Å²) in [4.78, 5) is 20.8. The first-order valence-electron chi connectivity index (χ1n) is 8.31. The van der Waals surface area contributed by atoms with E-state index in [9.17, 15) is 9.90 Å². The maximum Gasteiger partial charge on any atom is 0.240 e. The van der Waals surface area contributed by atoms with Gasteiger partial charge in [0.05, 0.1) is 29.6 Å². The van der Waals surface area contributed by atoms with Crippen LogP contribution >= 0.6 is 0 Å². The first kappa shape index (κ1) is 15.1. The van der Waals surface area contributed by atoms with Crippen LogP contribution in [-0.4, -0.2) is 32.2 Å². The Bertz CT molecular complexity index is 937. The van der Waals surface area contributed by atoms with E-state index < -0.39 is 5.41 Å². The number of hydrogen-bond acceptors (Lipinski definition) is 3. The van der Waals surface area contributed by atoms with Gasteiger partial charge in [0.1, 0.15) is 0 Å². The Morgan fingerprint density at radius 1 is 1.33 bits per heavy atom. The van der Waals surface area contributed by atoms with E-state index in [1.807, 2.05) is 29.7 Å². The average Bonchev–Trinajstić information content (AvgIpc) is 3.13. The fraction of sp³-hybridized carbons (Fsp3) is 0.368. The lowest BCUT2D eigenvalue weighted by atomic mass is 9.75. The number of fused-ring (bicyclic) bond motifs is 3. The van der Waals surface area contributed by atoms with Crippen molar-refractivity contribution in [2.45, 2.75) is 33.1 Å². The minimum absolute atomic E-state index is 0.0158. The molecule has 0 saturated heterocycles. The third-order valence-corrected chi connectivity index (χ3v) is 5.49. The van der Waals surface area contributed by atoms with Gasteiger partial charge in [-0.3, -0.25) is 9.36 Å². The lowest BCUT2D eigenvalue weighted by Crippen LogP contribution is -2.45. The van der Waals surface area contributed by atoms with Gasteiger partial charge in [-0.05, 0) is 38.3 Å². The van der Waals surface area contributed by atoms with E-state index in [0.717, 1.165) is 34.4 Å². The third-order valence-electron chi connectivity index (χ3n) is 5.49. The number of hydrogen-bond donors (Lipinski definition) is 2. The minimum Gasteiger partial charge on any atom is -0.395 e. The van der Waals surface area contributed by atoms with Crippen molar-refractivity contribution in [3.05, 3.63) is 53.2 Å². The van der Waals surface area contributed by atoms with E-state index >= 15 is 0 Å². The number of aromatic amines is 1. The Labute approximate surface area is 140 Å². The van der Waals surface area contributed by atoms with Gasteiger partial charge in [0.2, 0.25) is 5.91 Å². The quantitative estimate of drug-likeness (QED) is 0.778. The van der Waals surface area contributed by atoms with Gasteiger partial charge in [-0.2, -0.15) is 0 Å². The zero-order chi connectivity index (χ0) is 16.9. The highest BCUT2D eigenvalue weighted by Crippen LogP contribution is 2.39. The Hall–Kier alpha value is -2.40. The molecule has 0 spiro atoms. The number of imidazole rings is 1. The monoisotopic (exact) mass is 323 g/mol. The van der Waals surface area contributed by atoms with Crippen LogP contribution in [-0.2, 0) is 12.8 Å². The molecule has 2 aromatic heterocycles. The highest BCUT2D eigenvalue weighted by atomic mass is 16.3. The summed E-state index contributed by atoms with van der Waals surface area (Å²) in [6.45, 7) is 3.86. The molecule has 1 atom stereocenters. The van der Waals surface area contributed by atoms with E-state index in [4.69, 9.17) is 0 Å². The molecule has 4 rings (SSSR count). The van der Waals surface area contributed by atoms with Crippen LogP contribution in [0, 0.1) is 19.3 Å². The summed E-state index contributed by atoms with van der Waals surface area (Å²) in [5.41, 5.74) is 4.18. The predicted octanol–water partition coefficient (Wildman–Crippen LogP) is 2.79. The smallest absolute Gasteiger partial charge is 0.240 e. The molecule has 5 heteroatoms. The Morgan fingerprint density at radius 2 is 2.12 bits per heavy atom. The molecule has 0 amide bonds. The fourth-order valence-corrected chi connectivity index (χ4v) is 3.94. The number of nitrogens with one attached hydrogen (secondary N) is 1. The second kappa shape index (κ2) is 5.31. The van der Waals surface area contributed by atoms with Crippen molar-refractivity contribution in [2.24, 2.45) is 5.41 Å². The maximum atomic E-state index is 13.4. The number of aliphatic hydroxyl groups is 1. The molecular weight excluding hydrogens is 302 g/mol. The number of aryl methyl sites for hydroxylation is 2. The summed E-state index contributed by atoms with van der Waals surface area (Å²) in [5, 5.41) is 11.3. The Kier molecular flexibility index (Phi) is 3.35. The van der Waals surface area contributed by atoms with Gasteiger partial charge in [0, 0.05) is 23.2 Å². The summed E-state index contributed by atoms with van der Waals surface area (Å²) in [6.07, 6.45) is 3.54. The van der Waals surface area contributed by atoms with E-state index in [1.165, 1.54) is 5.56 Å². The minimum atomic E-state index is -0.804. The molecule has 0 fully saturated rings. The van der Waals surface area contributed by atoms with E-state index in [-0.39, 0.29) is 12.5 Å². The van der Waals surface area contributed by atoms with E-state index in [1.54, 1.807) is 6.33 Å². The van der Waals surface area contributed by atoms with Crippen molar-refractivity contribution in [1.82, 2.24) is 14.5 Å². The standard InChI is InChI=1S/C19H21N3O2/c1-12-14-5-3-4-6-17(14)22-16(12)7-8-19(10-23,18(22)24)9-15-13(2)20-11-21-15/h3-6,11,23H,7-10H2,1-2H3,(H,20,21). The highest BCUT2D eigenvalue weighted by Gasteiger charge is 2.44. The largest absolute Gasteiger partial charge is 0.395 e. The van der Waals surface area contributed by atoms with Crippen molar-refractivity contribution >= 4 is 16.8 Å². The molecule has 3 heterocycles. The zero-order valence-electron chi connectivity index (χ0n) is 14.0. The van der Waals surface area contributed by atoms with Crippen LogP contribution in [0.25, 0.3) is 10.9 Å². The number of aromatic nitrogens is 3. The number of carbonyl (C=O) groups is 1. The summed E-state index contributed by atoms with van der Waals surface area (Å²) in [6, 6.07) is 7.99. The SMILES string of the molecule is Cc1[nH]cnc1CC1(CO)CCc2c(C)c3ccccc3n2C1=O. The molecule has 3 aromatic rings. The first-order chi connectivity index (χ1) is 11.6. The van der Waals surface area contributed by atoms with Crippen molar-refractivity contribution in [2.75, 3.05) is 6.61 Å². The lowest BCUT2D eigenvalue weighted by Gasteiger charge is -2.35. The first-order valence-corrected chi connectivity index (χ1v) is 8.31. The van der Waals surface area contributed by atoms with Crippen LogP contribution in [0.15, 0.2) is 30.6 Å². The summed E-state index contributed by atoms with van der Waals surface area (Å²) in [7, 11) is 0. The fourth-order valence-electron chi connectivity index (χ4n) is 3.94. The van der Waals surface area contributed by atoms with Crippen LogP contribution in [0.1, 0.15) is 33.9 Å². The van der Waals surface area contributed by atoms with Crippen LogP contribution in [0.5, 0.6) is 0 Å². The highest BCUT2D eigenvalue weighted by molar-refractivity contribution is 5.99. The summed E-state index contributed by atoms with van der Waals surface area (Å²) >= 11 is 0. The lowest BCUT2D eigenvalue weighted by molar-refractivity contribution is 0.0474. The molecule has 0 bridgehead atoms. The van der Waals surface area contributed by atoms with Crippen molar-refractivity contribution in [1.29, 1.82) is 0 Å². The number of nitrogens with zero attached hydrogens (tertiary/aromatic N) is 2. The van der Waals surface area contributed by atoms with Gasteiger partial charge in [-0.1, -0.05) is 18.2 Å². The van der Waals surface area contributed by atoms with Crippen LogP contribution in [0.4, 0.5) is 0 Å².